The van der Waals surface area contributed by atoms with E-state index in [0.717, 1.165) is 21.3 Å². The van der Waals surface area contributed by atoms with Crippen molar-refractivity contribution >= 4 is 27.5 Å². The molecule has 1 N–H and O–H groups in total. The third kappa shape index (κ3) is 3.12. The minimum atomic E-state index is -0.155. The first kappa shape index (κ1) is 16.1. The molecular formula is C19H14FeN3OS. The maximum absolute atomic E-state index is 12.0. The van der Waals surface area contributed by atoms with Crippen molar-refractivity contribution < 1.29 is 21.0 Å². The number of pyridine rings is 1. The molecule has 0 spiro atoms. The standard InChI is InChI=1S/C19H15N3OS.Fe/c20-19(23)16-12-24-17-7-9-22(18(16)17)11-13-3-5-14(6-4-13)15-2-1-8-21-10-15;/h1-10,12H,11H2,(H2,20,23);/q;+1/p-1. The molecule has 6 heteroatoms. The number of aromatic nitrogens is 2. The van der Waals surface area contributed by atoms with E-state index in [-0.39, 0.29) is 5.91 Å². The number of carbonyl (C=O) groups excluding carboxylic acids is 1. The summed E-state index contributed by atoms with van der Waals surface area (Å²) in [6, 6.07) is 14.5. The van der Waals surface area contributed by atoms with Crippen LogP contribution in [0.2, 0.25) is 0 Å². The molecule has 0 aliphatic carbocycles. The van der Waals surface area contributed by atoms with Crippen LogP contribution < -0.4 is 4.33 Å². The number of thiophene rings is 1. The second-order valence-electron chi connectivity index (χ2n) is 5.66. The van der Waals surface area contributed by atoms with Crippen molar-refractivity contribution in [1.82, 2.24) is 13.9 Å². The fourth-order valence-corrected chi connectivity index (χ4v) is 3.98. The molecule has 0 atom stereocenters. The Bertz CT molecular complexity index is 1020. The van der Waals surface area contributed by atoms with Crippen LogP contribution in [0.3, 0.4) is 0 Å². The van der Waals surface area contributed by atoms with E-state index in [2.05, 4.69) is 54.4 Å². The molecule has 0 aliphatic rings. The number of fused-ring (bicyclic) bond motifs is 1. The summed E-state index contributed by atoms with van der Waals surface area (Å²) >= 11 is 5.05. The Hall–Kier alpha value is -2.40. The van der Waals surface area contributed by atoms with E-state index >= 15 is 0 Å². The average molecular weight is 388 g/mol. The van der Waals surface area contributed by atoms with Gasteiger partial charge in [-0.15, -0.1) is 0 Å². The summed E-state index contributed by atoms with van der Waals surface area (Å²) in [4.78, 5) is 16.2. The van der Waals surface area contributed by atoms with Crippen molar-refractivity contribution in [2.24, 2.45) is 0 Å². The topological polar surface area (TPSA) is 46.9 Å². The zero-order valence-electron chi connectivity index (χ0n) is 13.1. The van der Waals surface area contributed by atoms with E-state index in [4.69, 9.17) is 0 Å². The Morgan fingerprint density at radius 1 is 1.16 bits per heavy atom. The third-order valence-electron chi connectivity index (χ3n) is 4.11. The molecule has 4 rings (SSSR count). The molecule has 25 heavy (non-hydrogen) atoms. The Morgan fingerprint density at radius 3 is 2.72 bits per heavy atom. The molecule has 0 aliphatic heterocycles. The van der Waals surface area contributed by atoms with Crippen molar-refractivity contribution in [3.8, 4) is 11.1 Å². The van der Waals surface area contributed by atoms with Crippen LogP contribution in [-0.4, -0.2) is 15.5 Å². The van der Waals surface area contributed by atoms with Gasteiger partial charge < -0.3 is 0 Å². The predicted molar refractivity (Wildman–Crippen MR) is 96.1 cm³/mol. The Morgan fingerprint density at radius 2 is 2.00 bits per heavy atom. The summed E-state index contributed by atoms with van der Waals surface area (Å²) in [6.07, 6.45) is 5.66. The van der Waals surface area contributed by atoms with Gasteiger partial charge in [-0.3, -0.25) is 4.98 Å². The van der Waals surface area contributed by atoms with Gasteiger partial charge in [-0.2, -0.15) is 0 Å². The SMILES string of the molecule is O=C([NH][Fe])c1csc2ccn(Cc3ccc(-c4cccnc4)cc3)c12. The first-order valence-electron chi connectivity index (χ1n) is 7.71. The molecule has 3 aromatic heterocycles. The van der Waals surface area contributed by atoms with E-state index in [0.29, 0.717) is 12.1 Å². The Balaban J connectivity index is 1.63. The number of carbonyl (C=O) groups is 1. The van der Waals surface area contributed by atoms with Crippen LogP contribution >= 0.6 is 11.3 Å². The summed E-state index contributed by atoms with van der Waals surface area (Å²) in [5.41, 5.74) is 5.05. The Labute approximate surface area is 157 Å². The molecule has 0 radical (unpaired) electrons. The van der Waals surface area contributed by atoms with Gasteiger partial charge in [-0.05, 0) is 6.07 Å². The zero-order valence-corrected chi connectivity index (χ0v) is 15.0. The molecule has 1 amide bonds. The number of benzene rings is 1. The van der Waals surface area contributed by atoms with Crippen LogP contribution in [0.25, 0.3) is 21.3 Å². The van der Waals surface area contributed by atoms with Gasteiger partial charge in [0.15, 0.2) is 0 Å². The number of hydrogen-bond donors (Lipinski definition) is 1. The fourth-order valence-electron chi connectivity index (χ4n) is 2.89. The number of hydrogen-bond acceptors (Lipinski definition) is 3. The summed E-state index contributed by atoms with van der Waals surface area (Å²) < 4.78 is 5.67. The first-order valence-corrected chi connectivity index (χ1v) is 9.15. The monoisotopic (exact) mass is 388 g/mol. The molecule has 0 unspecified atom stereocenters. The van der Waals surface area contributed by atoms with Crippen LogP contribution in [0.5, 0.6) is 0 Å². The minimum absolute atomic E-state index is 0.155. The molecular weight excluding hydrogens is 374 g/mol. The molecule has 0 saturated carbocycles. The predicted octanol–water partition coefficient (Wildman–Crippen LogP) is 4.00. The van der Waals surface area contributed by atoms with E-state index < -0.39 is 0 Å². The summed E-state index contributed by atoms with van der Waals surface area (Å²) in [5, 5.41) is 1.88. The van der Waals surface area contributed by atoms with Gasteiger partial charge in [-0.25, -0.2) is 0 Å². The van der Waals surface area contributed by atoms with E-state index in [1.165, 1.54) is 5.56 Å². The van der Waals surface area contributed by atoms with Crippen LogP contribution in [0.15, 0.2) is 66.4 Å². The van der Waals surface area contributed by atoms with Gasteiger partial charge in [-0.1, -0.05) is 0 Å². The van der Waals surface area contributed by atoms with Gasteiger partial charge in [0.1, 0.15) is 0 Å². The third-order valence-corrected chi connectivity index (χ3v) is 5.30. The molecule has 4 nitrogen and oxygen atoms in total. The first-order chi connectivity index (χ1) is 12.3. The number of nitrogens with one attached hydrogen (secondary N) is 1. The number of rotatable bonds is 4. The summed E-state index contributed by atoms with van der Waals surface area (Å²) in [7, 11) is 0. The molecule has 0 bridgehead atoms. The molecule has 1 aromatic carbocycles. The normalized spacial score (nSPS) is 10.9. The average Bonchev–Trinajstić information content (AvgIpc) is 3.26. The summed E-state index contributed by atoms with van der Waals surface area (Å²) in [5.74, 6) is -0.155. The van der Waals surface area contributed by atoms with Gasteiger partial charge in [0.2, 0.25) is 0 Å². The van der Waals surface area contributed by atoms with Gasteiger partial charge in [0.25, 0.3) is 0 Å². The molecule has 0 fully saturated rings. The number of amides is 1. The zero-order chi connectivity index (χ0) is 17.2. The second kappa shape index (κ2) is 6.84. The van der Waals surface area contributed by atoms with E-state index in [1.807, 2.05) is 36.0 Å². The molecule has 0 saturated heterocycles. The van der Waals surface area contributed by atoms with Crippen LogP contribution in [0, 0.1) is 0 Å². The van der Waals surface area contributed by atoms with Crippen molar-refractivity contribution in [1.29, 1.82) is 0 Å². The Kier molecular flexibility index (Phi) is 4.40. The summed E-state index contributed by atoms with van der Waals surface area (Å²) in [6.45, 7) is 0.713. The van der Waals surface area contributed by atoms with Crippen molar-refractivity contribution in [3.05, 3.63) is 77.6 Å². The van der Waals surface area contributed by atoms with Gasteiger partial charge in [0, 0.05) is 6.20 Å². The van der Waals surface area contributed by atoms with Gasteiger partial charge in [0.05, 0.1) is 0 Å². The fraction of sp³-hybridized carbons (Fsp3) is 0.0526. The van der Waals surface area contributed by atoms with Crippen molar-refractivity contribution in [2.75, 3.05) is 0 Å². The molecule has 4 aromatic rings. The van der Waals surface area contributed by atoms with Crippen LogP contribution in [-0.2, 0) is 22.8 Å². The van der Waals surface area contributed by atoms with E-state index in [1.54, 1.807) is 17.5 Å². The second-order valence-corrected chi connectivity index (χ2v) is 6.85. The molecule has 3 heterocycles. The maximum atomic E-state index is 12.0. The number of nitrogens with zero attached hydrogens (tertiary/aromatic N) is 2. The molecule has 125 valence electrons. The van der Waals surface area contributed by atoms with Crippen LogP contribution in [0.4, 0.5) is 0 Å². The van der Waals surface area contributed by atoms with E-state index in [9.17, 15) is 4.79 Å². The van der Waals surface area contributed by atoms with Crippen molar-refractivity contribution in [2.45, 2.75) is 6.54 Å². The van der Waals surface area contributed by atoms with Crippen molar-refractivity contribution in [3.63, 3.8) is 0 Å². The van der Waals surface area contributed by atoms with Crippen LogP contribution in [0.1, 0.15) is 15.9 Å². The quantitative estimate of drug-likeness (QED) is 0.537. The van der Waals surface area contributed by atoms with Gasteiger partial charge >= 0.3 is 140 Å².